The lowest BCUT2D eigenvalue weighted by Gasteiger charge is -2.17. The molecule has 2 amide bonds. The van der Waals surface area contributed by atoms with Crippen molar-refractivity contribution >= 4 is 17.5 Å². The first-order valence-electron chi connectivity index (χ1n) is 6.53. The van der Waals surface area contributed by atoms with Crippen molar-refractivity contribution in [3.05, 3.63) is 29.8 Å². The number of nitrogens with one attached hydrogen (secondary N) is 2. The largest absolute Gasteiger partial charge is 0.399 e. The summed E-state index contributed by atoms with van der Waals surface area (Å²) in [5.74, 6) is -0.520. The van der Waals surface area contributed by atoms with E-state index in [-0.39, 0.29) is 18.4 Å². The van der Waals surface area contributed by atoms with Gasteiger partial charge in [0.05, 0.1) is 0 Å². The van der Waals surface area contributed by atoms with Gasteiger partial charge in [-0.2, -0.15) is 0 Å². The minimum atomic E-state index is -0.630. The number of benzene rings is 1. The summed E-state index contributed by atoms with van der Waals surface area (Å²) in [6, 6.07) is 6.53. The van der Waals surface area contributed by atoms with Crippen LogP contribution in [0.25, 0.3) is 0 Å². The van der Waals surface area contributed by atoms with Crippen LogP contribution in [0.1, 0.15) is 18.9 Å². The van der Waals surface area contributed by atoms with Gasteiger partial charge in [-0.1, -0.05) is 12.1 Å². The Labute approximate surface area is 118 Å². The normalized spacial score (nSPS) is 11.7. The fraction of sp³-hybridized carbons (Fsp3) is 0.429. The molecule has 5 N–H and O–H groups in total. The van der Waals surface area contributed by atoms with Gasteiger partial charge in [0.1, 0.15) is 6.04 Å². The summed E-state index contributed by atoms with van der Waals surface area (Å²) >= 11 is 0. The fourth-order valence-electron chi connectivity index (χ4n) is 1.76. The van der Waals surface area contributed by atoms with Gasteiger partial charge < -0.3 is 21.5 Å². The van der Waals surface area contributed by atoms with E-state index in [1.165, 1.54) is 6.92 Å². The minimum Gasteiger partial charge on any atom is -0.399 e. The number of amides is 2. The molecule has 1 aromatic rings. The second kappa shape index (κ2) is 8.16. The first-order valence-corrected chi connectivity index (χ1v) is 6.53. The van der Waals surface area contributed by atoms with Crippen LogP contribution in [0.4, 0.5) is 5.69 Å². The number of anilines is 1. The van der Waals surface area contributed by atoms with E-state index in [1.54, 1.807) is 12.1 Å². The Morgan fingerprint density at radius 1 is 1.30 bits per heavy atom. The first-order chi connectivity index (χ1) is 9.52. The fourth-order valence-corrected chi connectivity index (χ4v) is 1.76. The molecule has 0 saturated heterocycles. The smallest absolute Gasteiger partial charge is 0.242 e. The molecule has 6 nitrogen and oxygen atoms in total. The number of aliphatic hydroxyl groups excluding tert-OH is 1. The lowest BCUT2D eigenvalue weighted by atomic mass is 10.0. The van der Waals surface area contributed by atoms with Crippen molar-refractivity contribution in [3.8, 4) is 0 Å². The highest BCUT2D eigenvalue weighted by Gasteiger charge is 2.19. The average Bonchev–Trinajstić information content (AvgIpc) is 2.40. The Balaban J connectivity index is 2.65. The molecule has 6 heteroatoms. The molecule has 0 fully saturated rings. The molecule has 20 heavy (non-hydrogen) atoms. The predicted octanol–water partition coefficient (Wildman–Crippen LogP) is -0.185. The van der Waals surface area contributed by atoms with E-state index in [0.29, 0.717) is 25.1 Å². The zero-order valence-electron chi connectivity index (χ0n) is 11.6. The van der Waals surface area contributed by atoms with Crippen LogP contribution in [0, 0.1) is 0 Å². The number of hydrogen-bond donors (Lipinski definition) is 4. The monoisotopic (exact) mass is 279 g/mol. The van der Waals surface area contributed by atoms with Crippen LogP contribution in [0.5, 0.6) is 0 Å². The maximum absolute atomic E-state index is 12.0. The third-order valence-electron chi connectivity index (χ3n) is 2.75. The Bertz CT molecular complexity index is 445. The molecular formula is C14H21N3O3. The lowest BCUT2D eigenvalue weighted by Crippen LogP contribution is -2.47. The van der Waals surface area contributed by atoms with Gasteiger partial charge in [0.2, 0.25) is 11.8 Å². The Kier molecular flexibility index (Phi) is 6.52. The molecule has 110 valence electrons. The Hall–Kier alpha value is -2.08. The van der Waals surface area contributed by atoms with Crippen LogP contribution in [0.15, 0.2) is 24.3 Å². The second-order valence-corrected chi connectivity index (χ2v) is 4.57. The summed E-state index contributed by atoms with van der Waals surface area (Å²) in [7, 11) is 0. The number of nitrogen functional groups attached to an aromatic ring is 1. The number of rotatable bonds is 7. The van der Waals surface area contributed by atoms with Gasteiger partial charge in [-0.15, -0.1) is 0 Å². The highest BCUT2D eigenvalue weighted by molar-refractivity contribution is 5.87. The first kappa shape index (κ1) is 16.0. The van der Waals surface area contributed by atoms with Gasteiger partial charge >= 0.3 is 0 Å². The summed E-state index contributed by atoms with van der Waals surface area (Å²) in [4.78, 5) is 23.2. The summed E-state index contributed by atoms with van der Waals surface area (Å²) in [5, 5.41) is 14.0. The van der Waals surface area contributed by atoms with Crippen molar-refractivity contribution in [2.24, 2.45) is 0 Å². The molecule has 0 saturated carbocycles. The molecular weight excluding hydrogens is 258 g/mol. The molecule has 0 radical (unpaired) electrons. The number of carbonyl (C=O) groups is 2. The summed E-state index contributed by atoms with van der Waals surface area (Å²) in [5.41, 5.74) is 7.17. The maximum atomic E-state index is 12.0. The second-order valence-electron chi connectivity index (χ2n) is 4.57. The van der Waals surface area contributed by atoms with E-state index >= 15 is 0 Å². The van der Waals surface area contributed by atoms with E-state index in [0.717, 1.165) is 5.56 Å². The topological polar surface area (TPSA) is 104 Å². The van der Waals surface area contributed by atoms with Crippen molar-refractivity contribution in [2.45, 2.75) is 25.8 Å². The van der Waals surface area contributed by atoms with E-state index < -0.39 is 6.04 Å². The summed E-state index contributed by atoms with van der Waals surface area (Å²) < 4.78 is 0. The van der Waals surface area contributed by atoms with Crippen LogP contribution in [0.2, 0.25) is 0 Å². The van der Waals surface area contributed by atoms with Gasteiger partial charge in [-0.3, -0.25) is 9.59 Å². The molecule has 0 aliphatic rings. The van der Waals surface area contributed by atoms with Crippen LogP contribution in [0.3, 0.4) is 0 Å². The van der Waals surface area contributed by atoms with Crippen LogP contribution in [-0.4, -0.2) is 36.1 Å². The standard InChI is InChI=1S/C14H21N3O3/c1-10(19)17-13(14(20)16-7-2-8-18)9-11-3-5-12(15)6-4-11/h3-6,13,18H,2,7-9,15H2,1H3,(H,16,20)(H,17,19)/t13-/m1/s1. The zero-order chi connectivity index (χ0) is 15.0. The quantitative estimate of drug-likeness (QED) is 0.410. The van der Waals surface area contributed by atoms with E-state index in [1.807, 2.05) is 12.1 Å². The third-order valence-corrected chi connectivity index (χ3v) is 2.75. The van der Waals surface area contributed by atoms with Crippen LogP contribution < -0.4 is 16.4 Å². The number of hydrogen-bond acceptors (Lipinski definition) is 4. The molecule has 1 atom stereocenters. The molecule has 0 aliphatic heterocycles. The number of carbonyl (C=O) groups excluding carboxylic acids is 2. The Morgan fingerprint density at radius 2 is 1.95 bits per heavy atom. The van der Waals surface area contributed by atoms with Gasteiger partial charge in [0, 0.05) is 32.2 Å². The maximum Gasteiger partial charge on any atom is 0.242 e. The van der Waals surface area contributed by atoms with Crippen molar-refractivity contribution in [1.29, 1.82) is 0 Å². The molecule has 1 rings (SSSR count). The Morgan fingerprint density at radius 3 is 2.50 bits per heavy atom. The average molecular weight is 279 g/mol. The van der Waals surface area contributed by atoms with Crippen LogP contribution in [-0.2, 0) is 16.0 Å². The number of nitrogens with two attached hydrogens (primary N) is 1. The van der Waals surface area contributed by atoms with Gasteiger partial charge in [-0.05, 0) is 24.1 Å². The van der Waals surface area contributed by atoms with Crippen molar-refractivity contribution < 1.29 is 14.7 Å². The van der Waals surface area contributed by atoms with Gasteiger partial charge in [-0.25, -0.2) is 0 Å². The summed E-state index contributed by atoms with van der Waals surface area (Å²) in [6.07, 6.45) is 0.880. The predicted molar refractivity (Wildman–Crippen MR) is 76.9 cm³/mol. The van der Waals surface area contributed by atoms with Gasteiger partial charge in [0.15, 0.2) is 0 Å². The molecule has 0 unspecified atom stereocenters. The molecule has 0 heterocycles. The van der Waals surface area contributed by atoms with Crippen molar-refractivity contribution in [3.63, 3.8) is 0 Å². The molecule has 0 aliphatic carbocycles. The van der Waals surface area contributed by atoms with E-state index in [9.17, 15) is 9.59 Å². The van der Waals surface area contributed by atoms with Gasteiger partial charge in [0.25, 0.3) is 0 Å². The summed E-state index contributed by atoms with van der Waals surface area (Å²) in [6.45, 7) is 1.77. The van der Waals surface area contributed by atoms with Crippen molar-refractivity contribution in [1.82, 2.24) is 10.6 Å². The minimum absolute atomic E-state index is 0.0169. The third kappa shape index (κ3) is 5.71. The molecule has 0 bridgehead atoms. The lowest BCUT2D eigenvalue weighted by molar-refractivity contribution is -0.128. The molecule has 0 spiro atoms. The number of aliphatic hydroxyl groups is 1. The van der Waals surface area contributed by atoms with E-state index in [4.69, 9.17) is 10.8 Å². The molecule has 1 aromatic carbocycles. The SMILES string of the molecule is CC(=O)N[C@H](Cc1ccc(N)cc1)C(=O)NCCCO. The van der Waals surface area contributed by atoms with Crippen LogP contribution >= 0.6 is 0 Å². The van der Waals surface area contributed by atoms with Crippen molar-refractivity contribution in [2.75, 3.05) is 18.9 Å². The highest BCUT2D eigenvalue weighted by Crippen LogP contribution is 2.08. The highest BCUT2D eigenvalue weighted by atomic mass is 16.3. The zero-order valence-corrected chi connectivity index (χ0v) is 11.6. The van der Waals surface area contributed by atoms with E-state index in [2.05, 4.69) is 10.6 Å². The molecule has 0 aromatic heterocycles.